The van der Waals surface area contributed by atoms with Crippen LogP contribution in [0.15, 0.2) is 36.5 Å². The Morgan fingerprint density at radius 1 is 1.15 bits per heavy atom. The minimum atomic E-state index is -0.527. The van der Waals surface area contributed by atoms with Crippen LogP contribution in [0, 0.1) is 6.92 Å². The third kappa shape index (κ3) is 5.69. The molecule has 0 spiro atoms. The van der Waals surface area contributed by atoms with Crippen LogP contribution in [0.1, 0.15) is 12.5 Å². The first kappa shape index (κ1) is 20.2. The van der Waals surface area contributed by atoms with Crippen molar-refractivity contribution in [3.63, 3.8) is 0 Å². The molecule has 1 heterocycles. The number of nitrogens with zero attached hydrogens (tertiary/aromatic N) is 2. The van der Waals surface area contributed by atoms with E-state index in [2.05, 4.69) is 15.6 Å². The van der Waals surface area contributed by atoms with Crippen LogP contribution in [0.25, 0.3) is 0 Å². The van der Waals surface area contributed by atoms with Gasteiger partial charge in [-0.05, 0) is 50.7 Å². The van der Waals surface area contributed by atoms with Crippen molar-refractivity contribution in [1.82, 2.24) is 9.88 Å². The number of hydrogen-bond acceptors (Lipinski definition) is 4. The van der Waals surface area contributed by atoms with Gasteiger partial charge in [0.1, 0.15) is 5.82 Å². The number of halogens is 2. The zero-order valence-electron chi connectivity index (χ0n) is 14.7. The molecule has 2 N–H and O–H groups in total. The quantitative estimate of drug-likeness (QED) is 0.784. The third-order valence-corrected chi connectivity index (χ3v) is 4.54. The van der Waals surface area contributed by atoms with Gasteiger partial charge in [-0.25, -0.2) is 4.98 Å². The van der Waals surface area contributed by atoms with Gasteiger partial charge in [-0.1, -0.05) is 29.3 Å². The van der Waals surface area contributed by atoms with E-state index >= 15 is 0 Å². The molecule has 2 amide bonds. The predicted molar refractivity (Wildman–Crippen MR) is 105 cm³/mol. The van der Waals surface area contributed by atoms with Crippen molar-refractivity contribution in [3.8, 4) is 0 Å². The van der Waals surface area contributed by atoms with Gasteiger partial charge >= 0.3 is 0 Å². The fourth-order valence-corrected chi connectivity index (χ4v) is 2.41. The van der Waals surface area contributed by atoms with Crippen LogP contribution in [0.2, 0.25) is 10.0 Å². The van der Waals surface area contributed by atoms with Gasteiger partial charge in [0.15, 0.2) is 0 Å². The lowest BCUT2D eigenvalue weighted by Crippen LogP contribution is -2.43. The molecule has 2 aromatic rings. The summed E-state index contributed by atoms with van der Waals surface area (Å²) in [6.45, 7) is 3.68. The number of rotatable bonds is 6. The number of benzene rings is 1. The summed E-state index contributed by atoms with van der Waals surface area (Å²) in [5, 5.41) is 6.22. The molecule has 0 radical (unpaired) electrons. The summed E-state index contributed by atoms with van der Waals surface area (Å²) in [6.07, 6.45) is 1.67. The normalized spacial score (nSPS) is 11.9. The third-order valence-electron chi connectivity index (χ3n) is 3.80. The van der Waals surface area contributed by atoms with Gasteiger partial charge in [0.05, 0.1) is 22.6 Å². The summed E-state index contributed by atoms with van der Waals surface area (Å²) in [6, 6.07) is 7.91. The van der Waals surface area contributed by atoms with Crippen LogP contribution >= 0.6 is 23.2 Å². The van der Waals surface area contributed by atoms with Crippen molar-refractivity contribution in [2.45, 2.75) is 19.9 Å². The Morgan fingerprint density at radius 3 is 2.50 bits per heavy atom. The number of aryl methyl sites for hydroxylation is 1. The van der Waals surface area contributed by atoms with Gasteiger partial charge < -0.3 is 10.6 Å². The van der Waals surface area contributed by atoms with Crippen LogP contribution in [-0.2, 0) is 9.59 Å². The van der Waals surface area contributed by atoms with Crippen molar-refractivity contribution in [3.05, 3.63) is 52.1 Å². The maximum absolute atomic E-state index is 12.4. The molecule has 1 aromatic heterocycles. The number of nitrogens with one attached hydrogen (secondary N) is 2. The lowest BCUT2D eigenvalue weighted by Gasteiger charge is -2.23. The first-order chi connectivity index (χ1) is 12.3. The van der Waals surface area contributed by atoms with E-state index in [1.54, 1.807) is 49.3 Å². The molecule has 1 atom stereocenters. The van der Waals surface area contributed by atoms with E-state index in [4.69, 9.17) is 23.2 Å². The smallest absolute Gasteiger partial charge is 0.241 e. The molecule has 0 aliphatic heterocycles. The molecule has 138 valence electrons. The molecule has 0 bridgehead atoms. The zero-order valence-corrected chi connectivity index (χ0v) is 16.2. The Morgan fingerprint density at radius 2 is 1.88 bits per heavy atom. The van der Waals surface area contributed by atoms with E-state index in [0.717, 1.165) is 5.56 Å². The number of pyridine rings is 1. The maximum atomic E-state index is 12.4. The minimum Gasteiger partial charge on any atom is -0.325 e. The second kappa shape index (κ2) is 8.98. The topological polar surface area (TPSA) is 74.3 Å². The van der Waals surface area contributed by atoms with Crippen LogP contribution in [0.3, 0.4) is 0 Å². The standard InChI is InChI=1S/C18H20Cl2N4O2/c1-11-4-7-16(21-9-11)23-17(25)10-24(3)12(2)18(26)22-13-5-6-14(19)15(20)8-13/h4-9,12H,10H2,1-3H3,(H,22,26)(H,21,23,25). The average molecular weight is 395 g/mol. The molecule has 0 saturated heterocycles. The Hall–Kier alpha value is -2.15. The fraction of sp³-hybridized carbons (Fsp3) is 0.278. The van der Waals surface area contributed by atoms with Gasteiger partial charge in [-0.15, -0.1) is 0 Å². The minimum absolute atomic E-state index is 0.0471. The van der Waals surface area contributed by atoms with Gasteiger partial charge in [0.25, 0.3) is 0 Å². The van der Waals surface area contributed by atoms with Crippen LogP contribution in [0.5, 0.6) is 0 Å². The number of anilines is 2. The predicted octanol–water partition coefficient (Wildman–Crippen LogP) is 3.59. The molecule has 0 saturated carbocycles. The summed E-state index contributed by atoms with van der Waals surface area (Å²) >= 11 is 11.8. The van der Waals surface area contributed by atoms with Crippen molar-refractivity contribution in [2.75, 3.05) is 24.2 Å². The molecule has 0 aliphatic rings. The van der Waals surface area contributed by atoms with E-state index in [1.165, 1.54) is 0 Å². The Balaban J connectivity index is 1.89. The maximum Gasteiger partial charge on any atom is 0.241 e. The van der Waals surface area contributed by atoms with E-state index in [9.17, 15) is 9.59 Å². The molecular weight excluding hydrogens is 375 g/mol. The van der Waals surface area contributed by atoms with Crippen LogP contribution in [-0.4, -0.2) is 41.3 Å². The first-order valence-electron chi connectivity index (χ1n) is 7.95. The lowest BCUT2D eigenvalue weighted by atomic mass is 10.2. The number of aromatic nitrogens is 1. The summed E-state index contributed by atoms with van der Waals surface area (Å²) in [7, 11) is 1.70. The summed E-state index contributed by atoms with van der Waals surface area (Å²) in [5.74, 6) is -0.0351. The second-order valence-electron chi connectivity index (χ2n) is 5.98. The highest BCUT2D eigenvalue weighted by Gasteiger charge is 2.20. The highest BCUT2D eigenvalue weighted by atomic mass is 35.5. The van der Waals surface area contributed by atoms with E-state index in [0.29, 0.717) is 21.6 Å². The van der Waals surface area contributed by atoms with Crippen LogP contribution < -0.4 is 10.6 Å². The molecule has 26 heavy (non-hydrogen) atoms. The average Bonchev–Trinajstić information content (AvgIpc) is 2.59. The summed E-state index contributed by atoms with van der Waals surface area (Å²) < 4.78 is 0. The fourth-order valence-electron chi connectivity index (χ4n) is 2.11. The molecule has 0 aliphatic carbocycles. The van der Waals surface area contributed by atoms with Crippen molar-refractivity contribution in [1.29, 1.82) is 0 Å². The first-order valence-corrected chi connectivity index (χ1v) is 8.70. The van der Waals surface area contributed by atoms with E-state index < -0.39 is 6.04 Å². The number of carbonyl (C=O) groups excluding carboxylic acids is 2. The molecule has 8 heteroatoms. The molecule has 6 nitrogen and oxygen atoms in total. The zero-order chi connectivity index (χ0) is 19.3. The number of carbonyl (C=O) groups is 2. The Labute approximate surface area is 162 Å². The van der Waals surface area contributed by atoms with E-state index in [1.807, 2.05) is 13.0 Å². The second-order valence-corrected chi connectivity index (χ2v) is 6.79. The van der Waals surface area contributed by atoms with E-state index in [-0.39, 0.29) is 18.4 Å². The largest absolute Gasteiger partial charge is 0.325 e. The summed E-state index contributed by atoms with van der Waals surface area (Å²) in [4.78, 5) is 30.2. The highest BCUT2D eigenvalue weighted by molar-refractivity contribution is 6.42. The number of likely N-dealkylation sites (N-methyl/N-ethyl adjacent to an activating group) is 1. The van der Waals surface area contributed by atoms with Crippen molar-refractivity contribution in [2.24, 2.45) is 0 Å². The Kier molecular flexibility index (Phi) is 6.97. The summed E-state index contributed by atoms with van der Waals surface area (Å²) in [5.41, 5.74) is 1.55. The number of hydrogen-bond donors (Lipinski definition) is 2. The van der Waals surface area contributed by atoms with Gasteiger partial charge in [0, 0.05) is 11.9 Å². The SMILES string of the molecule is Cc1ccc(NC(=O)CN(C)C(C)C(=O)Nc2ccc(Cl)c(Cl)c2)nc1. The van der Waals surface area contributed by atoms with Gasteiger partial charge in [-0.2, -0.15) is 0 Å². The molecule has 1 aromatic carbocycles. The number of amides is 2. The van der Waals surface area contributed by atoms with Crippen molar-refractivity contribution < 1.29 is 9.59 Å². The Bertz CT molecular complexity index is 796. The van der Waals surface area contributed by atoms with Crippen molar-refractivity contribution >= 4 is 46.5 Å². The monoisotopic (exact) mass is 394 g/mol. The van der Waals surface area contributed by atoms with Crippen LogP contribution in [0.4, 0.5) is 11.5 Å². The molecule has 2 rings (SSSR count). The van der Waals surface area contributed by atoms with Gasteiger partial charge in [0.2, 0.25) is 11.8 Å². The highest BCUT2D eigenvalue weighted by Crippen LogP contribution is 2.25. The van der Waals surface area contributed by atoms with Gasteiger partial charge in [-0.3, -0.25) is 14.5 Å². The molecule has 0 fully saturated rings. The molecule has 1 unspecified atom stereocenters. The molecular formula is C18H20Cl2N4O2. The lowest BCUT2D eigenvalue weighted by molar-refractivity contribution is -0.122.